The first-order valence-corrected chi connectivity index (χ1v) is 8.59. The van der Waals surface area contributed by atoms with Gasteiger partial charge in [0.2, 0.25) is 5.91 Å². The van der Waals surface area contributed by atoms with Crippen LogP contribution in [-0.2, 0) is 19.1 Å². The van der Waals surface area contributed by atoms with Gasteiger partial charge in [-0.25, -0.2) is 4.79 Å². The van der Waals surface area contributed by atoms with Crippen molar-refractivity contribution in [1.82, 2.24) is 9.80 Å². The number of rotatable bonds is 2. The third-order valence-electron chi connectivity index (χ3n) is 5.00. The molecule has 0 radical (unpaired) electrons. The second-order valence-electron chi connectivity index (χ2n) is 7.99. The van der Waals surface area contributed by atoms with Crippen molar-refractivity contribution in [3.05, 3.63) is 0 Å². The third-order valence-corrected chi connectivity index (χ3v) is 5.00. The van der Waals surface area contributed by atoms with Gasteiger partial charge in [-0.15, -0.1) is 0 Å². The Labute approximate surface area is 142 Å². The molecule has 0 aromatic carbocycles. The van der Waals surface area contributed by atoms with Gasteiger partial charge in [0.05, 0.1) is 18.9 Å². The topological polar surface area (TPSA) is 76.2 Å². The van der Waals surface area contributed by atoms with Gasteiger partial charge in [-0.3, -0.25) is 9.59 Å². The Kier molecular flexibility index (Phi) is 4.21. The van der Waals surface area contributed by atoms with Gasteiger partial charge in [-0.2, -0.15) is 0 Å². The van der Waals surface area contributed by atoms with Crippen LogP contribution in [0.5, 0.6) is 0 Å². The van der Waals surface area contributed by atoms with Crippen LogP contribution in [0.1, 0.15) is 40.0 Å². The number of likely N-dealkylation sites (tertiary alicyclic amines) is 1. The van der Waals surface area contributed by atoms with Crippen LogP contribution in [0.4, 0.5) is 4.79 Å². The fraction of sp³-hybridized carbons (Fsp3) is 0.824. The van der Waals surface area contributed by atoms with Crippen LogP contribution in [0.25, 0.3) is 0 Å². The molecule has 0 aromatic heterocycles. The fourth-order valence-electron chi connectivity index (χ4n) is 3.81. The SMILES string of the molecule is COC(=O)[C@H]1C[C@@H]1C(=O)N1C2CCC1CN(C(=O)OC(C)(C)C)C2. The minimum Gasteiger partial charge on any atom is -0.469 e. The highest BCUT2D eigenvalue weighted by molar-refractivity contribution is 5.90. The molecule has 3 fully saturated rings. The highest BCUT2D eigenvalue weighted by atomic mass is 16.6. The van der Waals surface area contributed by atoms with Crippen molar-refractivity contribution >= 4 is 18.0 Å². The maximum absolute atomic E-state index is 12.7. The van der Waals surface area contributed by atoms with Crippen LogP contribution in [0, 0.1) is 11.8 Å². The van der Waals surface area contributed by atoms with Gasteiger partial charge >= 0.3 is 12.1 Å². The van der Waals surface area contributed by atoms with Crippen LogP contribution in [0.2, 0.25) is 0 Å². The van der Waals surface area contributed by atoms with Crippen molar-refractivity contribution in [2.45, 2.75) is 57.7 Å². The Morgan fingerprint density at radius 1 is 1.00 bits per heavy atom. The first kappa shape index (κ1) is 17.0. The monoisotopic (exact) mass is 338 g/mol. The molecule has 1 saturated carbocycles. The molecule has 3 rings (SSSR count). The summed E-state index contributed by atoms with van der Waals surface area (Å²) in [5.74, 6) is -0.783. The molecule has 7 nitrogen and oxygen atoms in total. The number of amides is 2. The Morgan fingerprint density at radius 2 is 1.58 bits per heavy atom. The summed E-state index contributed by atoms with van der Waals surface area (Å²) in [6.07, 6.45) is 2.05. The van der Waals surface area contributed by atoms with Crippen molar-refractivity contribution in [2.75, 3.05) is 20.2 Å². The second-order valence-corrected chi connectivity index (χ2v) is 7.99. The fourth-order valence-corrected chi connectivity index (χ4v) is 3.81. The van der Waals surface area contributed by atoms with E-state index < -0.39 is 5.60 Å². The quantitative estimate of drug-likeness (QED) is 0.712. The van der Waals surface area contributed by atoms with Gasteiger partial charge in [0, 0.05) is 25.2 Å². The third kappa shape index (κ3) is 3.21. The molecule has 3 aliphatic rings. The highest BCUT2D eigenvalue weighted by Gasteiger charge is 2.54. The van der Waals surface area contributed by atoms with E-state index in [1.165, 1.54) is 7.11 Å². The van der Waals surface area contributed by atoms with Crippen LogP contribution in [-0.4, -0.2) is 65.7 Å². The summed E-state index contributed by atoms with van der Waals surface area (Å²) in [4.78, 5) is 40.2. The average Bonchev–Trinajstić information content (AvgIpc) is 3.24. The summed E-state index contributed by atoms with van der Waals surface area (Å²) in [7, 11) is 1.35. The van der Waals surface area contributed by atoms with Crippen molar-refractivity contribution in [2.24, 2.45) is 11.8 Å². The highest BCUT2D eigenvalue weighted by Crippen LogP contribution is 2.44. The van der Waals surface area contributed by atoms with Crippen LogP contribution in [0.15, 0.2) is 0 Å². The van der Waals surface area contributed by atoms with E-state index >= 15 is 0 Å². The molecule has 24 heavy (non-hydrogen) atoms. The van der Waals surface area contributed by atoms with Crippen LogP contribution >= 0.6 is 0 Å². The molecule has 2 heterocycles. The Hall–Kier alpha value is -1.79. The number of ether oxygens (including phenoxy) is 2. The Morgan fingerprint density at radius 3 is 2.08 bits per heavy atom. The maximum Gasteiger partial charge on any atom is 0.410 e. The largest absolute Gasteiger partial charge is 0.469 e. The molecule has 2 bridgehead atoms. The first-order valence-electron chi connectivity index (χ1n) is 8.59. The lowest BCUT2D eigenvalue weighted by molar-refractivity contribution is -0.146. The smallest absolute Gasteiger partial charge is 0.410 e. The molecular weight excluding hydrogens is 312 g/mol. The minimum atomic E-state index is -0.523. The minimum absolute atomic E-state index is 0.0302. The Balaban J connectivity index is 1.61. The number of methoxy groups -OCH3 is 1. The summed E-state index contributed by atoms with van der Waals surface area (Å²) < 4.78 is 10.2. The summed E-state index contributed by atoms with van der Waals surface area (Å²) in [6, 6.07) is 0.0605. The zero-order valence-electron chi connectivity index (χ0n) is 14.8. The van der Waals surface area contributed by atoms with Gasteiger partial charge in [0.15, 0.2) is 0 Å². The van der Waals surface area contributed by atoms with Crippen LogP contribution < -0.4 is 0 Å². The standard InChI is InChI=1S/C17H26N2O5/c1-17(2,3)24-16(22)18-8-10-5-6-11(9-18)19(10)14(20)12-7-13(12)15(21)23-4/h10-13H,5-9H2,1-4H3/t10?,11?,12-,13-/m0/s1. The van der Waals surface area contributed by atoms with Gasteiger partial charge in [0.25, 0.3) is 0 Å². The molecule has 2 aliphatic heterocycles. The molecule has 2 saturated heterocycles. The van der Waals surface area contributed by atoms with Crippen molar-refractivity contribution in [3.8, 4) is 0 Å². The van der Waals surface area contributed by atoms with Gasteiger partial charge in [0.1, 0.15) is 5.60 Å². The van der Waals surface area contributed by atoms with Crippen LogP contribution in [0.3, 0.4) is 0 Å². The number of hydrogen-bond acceptors (Lipinski definition) is 5. The number of hydrogen-bond donors (Lipinski definition) is 0. The van der Waals surface area contributed by atoms with Crippen molar-refractivity contribution in [1.29, 1.82) is 0 Å². The molecule has 4 atom stereocenters. The predicted octanol–water partition coefficient (Wildman–Crippen LogP) is 1.41. The van der Waals surface area contributed by atoms with E-state index in [9.17, 15) is 14.4 Å². The number of nitrogens with zero attached hydrogens (tertiary/aromatic N) is 2. The van der Waals surface area contributed by atoms with Gasteiger partial charge in [-0.1, -0.05) is 0 Å². The van der Waals surface area contributed by atoms with Gasteiger partial charge < -0.3 is 19.3 Å². The molecule has 0 spiro atoms. The average molecular weight is 338 g/mol. The first-order chi connectivity index (χ1) is 11.2. The Bertz CT molecular complexity index is 542. The zero-order valence-corrected chi connectivity index (χ0v) is 14.8. The zero-order chi connectivity index (χ0) is 17.6. The lowest BCUT2D eigenvalue weighted by Gasteiger charge is -2.41. The summed E-state index contributed by atoms with van der Waals surface area (Å²) >= 11 is 0. The summed E-state index contributed by atoms with van der Waals surface area (Å²) in [5.41, 5.74) is -0.523. The number of carbonyl (C=O) groups is 3. The molecule has 134 valence electrons. The molecule has 7 heteroatoms. The second kappa shape index (κ2) is 5.93. The van der Waals surface area contributed by atoms with Crippen molar-refractivity contribution in [3.63, 3.8) is 0 Å². The number of fused-ring (bicyclic) bond motifs is 2. The van der Waals surface area contributed by atoms with E-state index in [1.807, 2.05) is 25.7 Å². The molecule has 2 amide bonds. The van der Waals surface area contributed by atoms with E-state index in [0.29, 0.717) is 19.5 Å². The maximum atomic E-state index is 12.7. The van der Waals surface area contributed by atoms with Gasteiger partial charge in [-0.05, 0) is 40.0 Å². The van der Waals surface area contributed by atoms with E-state index in [2.05, 4.69) is 0 Å². The van der Waals surface area contributed by atoms with E-state index in [-0.39, 0.29) is 41.9 Å². The molecule has 1 aliphatic carbocycles. The lowest BCUT2D eigenvalue weighted by atomic mass is 10.1. The number of carbonyl (C=O) groups excluding carboxylic acids is 3. The molecule has 2 unspecified atom stereocenters. The molecule has 0 aromatic rings. The number of esters is 1. The molecule has 0 N–H and O–H groups in total. The molecular formula is C17H26N2O5. The lowest BCUT2D eigenvalue weighted by Crippen LogP contribution is -2.58. The van der Waals surface area contributed by atoms with E-state index in [4.69, 9.17) is 9.47 Å². The van der Waals surface area contributed by atoms with Crippen molar-refractivity contribution < 1.29 is 23.9 Å². The summed E-state index contributed by atoms with van der Waals surface area (Å²) in [6.45, 7) is 6.55. The van der Waals surface area contributed by atoms with E-state index in [0.717, 1.165) is 12.8 Å². The predicted molar refractivity (Wildman–Crippen MR) is 85.1 cm³/mol. The summed E-state index contributed by atoms with van der Waals surface area (Å²) in [5, 5.41) is 0. The van der Waals surface area contributed by atoms with E-state index in [1.54, 1.807) is 4.90 Å². The normalized spacial score (nSPS) is 31.7. The number of piperazine rings is 1.